The third-order valence-corrected chi connectivity index (χ3v) is 3.62. The Morgan fingerprint density at radius 3 is 3.00 bits per heavy atom. The topological polar surface area (TPSA) is 72.3 Å². The molecule has 3 rings (SSSR count). The Morgan fingerprint density at radius 2 is 2.20 bits per heavy atom. The fourth-order valence-corrected chi connectivity index (χ4v) is 2.69. The molecule has 0 aliphatic carbocycles. The highest BCUT2D eigenvalue weighted by atomic mass is 32.1. The third kappa shape index (κ3) is 2.33. The van der Waals surface area contributed by atoms with Crippen molar-refractivity contribution >= 4 is 27.5 Å². The summed E-state index contributed by atoms with van der Waals surface area (Å²) in [5, 5.41) is 10.1. The Kier molecular flexibility index (Phi) is 3.08. The molecule has 2 aromatic heterocycles. The molecule has 0 amide bonds. The minimum absolute atomic E-state index is 0.0353. The van der Waals surface area contributed by atoms with Crippen molar-refractivity contribution in [1.29, 1.82) is 0 Å². The Hall–Kier alpha value is -2.47. The Balaban J connectivity index is 1.98. The van der Waals surface area contributed by atoms with Crippen LogP contribution in [0, 0.1) is 6.92 Å². The van der Waals surface area contributed by atoms with E-state index < -0.39 is 5.97 Å². The van der Waals surface area contributed by atoms with Crippen LogP contribution in [0.4, 0.5) is 0 Å². The summed E-state index contributed by atoms with van der Waals surface area (Å²) in [5.41, 5.74) is 0.937. The SMILES string of the molecule is Cc1nc2ccc(Oc3ncccc3C(=O)O)cc2s1. The lowest BCUT2D eigenvalue weighted by molar-refractivity contribution is 0.0693. The maximum absolute atomic E-state index is 11.1. The first-order valence-electron chi connectivity index (χ1n) is 5.87. The first kappa shape index (κ1) is 12.6. The minimum Gasteiger partial charge on any atom is -0.477 e. The summed E-state index contributed by atoms with van der Waals surface area (Å²) in [7, 11) is 0. The number of carboxylic acid groups (broad SMARTS) is 1. The van der Waals surface area contributed by atoms with Gasteiger partial charge in [-0.3, -0.25) is 0 Å². The molecule has 100 valence electrons. The number of thiazole rings is 1. The van der Waals surface area contributed by atoms with Crippen LogP contribution in [0.5, 0.6) is 11.6 Å². The van der Waals surface area contributed by atoms with E-state index >= 15 is 0 Å². The van der Waals surface area contributed by atoms with E-state index in [-0.39, 0.29) is 11.4 Å². The molecule has 0 radical (unpaired) electrons. The maximum Gasteiger partial charge on any atom is 0.341 e. The van der Waals surface area contributed by atoms with Gasteiger partial charge in [0.25, 0.3) is 0 Å². The van der Waals surface area contributed by atoms with E-state index in [0.717, 1.165) is 15.2 Å². The quantitative estimate of drug-likeness (QED) is 0.798. The van der Waals surface area contributed by atoms with Gasteiger partial charge in [0.1, 0.15) is 11.3 Å². The van der Waals surface area contributed by atoms with Crippen molar-refractivity contribution < 1.29 is 14.6 Å². The van der Waals surface area contributed by atoms with E-state index in [0.29, 0.717) is 5.75 Å². The summed E-state index contributed by atoms with van der Waals surface area (Å²) in [6, 6.07) is 8.45. The fraction of sp³-hybridized carbons (Fsp3) is 0.0714. The average molecular weight is 286 g/mol. The van der Waals surface area contributed by atoms with Crippen LogP contribution in [-0.4, -0.2) is 21.0 Å². The van der Waals surface area contributed by atoms with Gasteiger partial charge in [-0.1, -0.05) is 0 Å². The Bertz CT molecular complexity index is 798. The molecular formula is C14H10N2O3S. The highest BCUT2D eigenvalue weighted by molar-refractivity contribution is 7.18. The number of pyridine rings is 1. The van der Waals surface area contributed by atoms with Gasteiger partial charge >= 0.3 is 5.97 Å². The van der Waals surface area contributed by atoms with E-state index in [1.807, 2.05) is 19.1 Å². The number of benzene rings is 1. The summed E-state index contributed by atoms with van der Waals surface area (Å²) in [5.74, 6) is -0.439. The fourth-order valence-electron chi connectivity index (χ4n) is 1.83. The molecule has 5 nitrogen and oxygen atoms in total. The molecule has 0 saturated heterocycles. The number of aromatic carboxylic acids is 1. The molecule has 0 aliphatic rings. The molecule has 0 spiro atoms. The number of carboxylic acids is 1. The minimum atomic E-state index is -1.07. The predicted octanol–water partition coefficient (Wildman–Crippen LogP) is 3.49. The second-order valence-corrected chi connectivity index (χ2v) is 5.36. The maximum atomic E-state index is 11.1. The molecule has 20 heavy (non-hydrogen) atoms. The molecule has 0 saturated carbocycles. The third-order valence-electron chi connectivity index (χ3n) is 2.68. The monoisotopic (exact) mass is 286 g/mol. The van der Waals surface area contributed by atoms with Gasteiger partial charge in [-0.25, -0.2) is 14.8 Å². The molecule has 1 N–H and O–H groups in total. The molecule has 1 aromatic carbocycles. The average Bonchev–Trinajstić information content (AvgIpc) is 2.78. The zero-order valence-electron chi connectivity index (χ0n) is 10.5. The van der Waals surface area contributed by atoms with Gasteiger partial charge in [-0.15, -0.1) is 11.3 Å². The highest BCUT2D eigenvalue weighted by Crippen LogP contribution is 2.29. The number of rotatable bonds is 3. The summed E-state index contributed by atoms with van der Waals surface area (Å²) in [4.78, 5) is 19.4. The number of nitrogens with zero attached hydrogens (tertiary/aromatic N) is 2. The normalized spacial score (nSPS) is 10.7. The van der Waals surface area contributed by atoms with Gasteiger partial charge in [0.15, 0.2) is 0 Å². The van der Waals surface area contributed by atoms with Crippen molar-refractivity contribution in [2.45, 2.75) is 6.92 Å². The van der Waals surface area contributed by atoms with Crippen LogP contribution in [0.15, 0.2) is 36.5 Å². The Labute approximate surface area is 118 Å². The van der Waals surface area contributed by atoms with Gasteiger partial charge in [-0.2, -0.15) is 0 Å². The molecule has 3 aromatic rings. The van der Waals surface area contributed by atoms with E-state index in [4.69, 9.17) is 9.84 Å². The van der Waals surface area contributed by atoms with Gasteiger partial charge in [0, 0.05) is 12.3 Å². The second-order valence-electron chi connectivity index (χ2n) is 4.13. The van der Waals surface area contributed by atoms with Gasteiger partial charge in [-0.05, 0) is 31.2 Å². The zero-order chi connectivity index (χ0) is 14.1. The van der Waals surface area contributed by atoms with Crippen LogP contribution in [-0.2, 0) is 0 Å². The molecule has 6 heteroatoms. The summed E-state index contributed by atoms with van der Waals surface area (Å²) < 4.78 is 6.57. The van der Waals surface area contributed by atoms with Crippen molar-refractivity contribution in [1.82, 2.24) is 9.97 Å². The van der Waals surface area contributed by atoms with E-state index in [1.165, 1.54) is 12.3 Å². The van der Waals surface area contributed by atoms with Crippen molar-refractivity contribution in [3.63, 3.8) is 0 Å². The van der Waals surface area contributed by atoms with Gasteiger partial charge in [0.05, 0.1) is 15.2 Å². The van der Waals surface area contributed by atoms with Gasteiger partial charge < -0.3 is 9.84 Å². The standard InChI is InChI=1S/C14H10N2O3S/c1-8-16-11-5-4-9(7-12(11)20-8)19-13-10(14(17)18)3-2-6-15-13/h2-7H,1H3,(H,17,18). The van der Waals surface area contributed by atoms with Crippen molar-refractivity contribution in [3.8, 4) is 11.6 Å². The van der Waals surface area contributed by atoms with Crippen molar-refractivity contribution in [2.24, 2.45) is 0 Å². The number of hydrogen-bond acceptors (Lipinski definition) is 5. The first-order chi connectivity index (χ1) is 9.63. The molecule has 0 fully saturated rings. The van der Waals surface area contributed by atoms with Crippen molar-refractivity contribution in [2.75, 3.05) is 0 Å². The second kappa shape index (κ2) is 4.90. The zero-order valence-corrected chi connectivity index (χ0v) is 11.3. The number of ether oxygens (including phenoxy) is 1. The predicted molar refractivity (Wildman–Crippen MR) is 75.6 cm³/mol. The number of carbonyl (C=O) groups is 1. The number of hydrogen-bond donors (Lipinski definition) is 1. The molecule has 0 aliphatic heterocycles. The van der Waals surface area contributed by atoms with Crippen LogP contribution < -0.4 is 4.74 Å². The molecule has 0 atom stereocenters. The first-order valence-corrected chi connectivity index (χ1v) is 6.68. The van der Waals surface area contributed by atoms with E-state index in [2.05, 4.69) is 9.97 Å². The lowest BCUT2D eigenvalue weighted by atomic mass is 10.2. The molecule has 0 bridgehead atoms. The van der Waals surface area contributed by atoms with Crippen LogP contribution >= 0.6 is 11.3 Å². The number of aryl methyl sites for hydroxylation is 1. The molecular weight excluding hydrogens is 276 g/mol. The highest BCUT2D eigenvalue weighted by Gasteiger charge is 2.13. The van der Waals surface area contributed by atoms with Crippen LogP contribution in [0.1, 0.15) is 15.4 Å². The van der Waals surface area contributed by atoms with E-state index in [9.17, 15) is 4.79 Å². The number of fused-ring (bicyclic) bond motifs is 1. The summed E-state index contributed by atoms with van der Waals surface area (Å²) in [6.45, 7) is 1.94. The van der Waals surface area contributed by atoms with Crippen LogP contribution in [0.2, 0.25) is 0 Å². The van der Waals surface area contributed by atoms with E-state index in [1.54, 1.807) is 23.5 Å². The lowest BCUT2D eigenvalue weighted by Gasteiger charge is -2.06. The largest absolute Gasteiger partial charge is 0.477 e. The van der Waals surface area contributed by atoms with Crippen molar-refractivity contribution in [3.05, 3.63) is 47.1 Å². The van der Waals surface area contributed by atoms with Gasteiger partial charge in [0.2, 0.25) is 5.88 Å². The molecule has 0 unspecified atom stereocenters. The Morgan fingerprint density at radius 1 is 1.35 bits per heavy atom. The lowest BCUT2D eigenvalue weighted by Crippen LogP contribution is -2.01. The summed E-state index contributed by atoms with van der Waals surface area (Å²) >= 11 is 1.56. The smallest absolute Gasteiger partial charge is 0.341 e. The number of aromatic nitrogens is 2. The molecule has 2 heterocycles. The van der Waals surface area contributed by atoms with Crippen LogP contribution in [0.3, 0.4) is 0 Å². The summed E-state index contributed by atoms with van der Waals surface area (Å²) in [6.07, 6.45) is 1.50. The van der Waals surface area contributed by atoms with Crippen LogP contribution in [0.25, 0.3) is 10.2 Å².